The molecule has 2 amide bonds. The molecule has 1 aliphatic rings. The Kier molecular flexibility index (Phi) is 6.91. The Bertz CT molecular complexity index is 408. The Labute approximate surface area is 125 Å². The van der Waals surface area contributed by atoms with Gasteiger partial charge in [0.2, 0.25) is 11.8 Å². The van der Waals surface area contributed by atoms with Crippen LogP contribution in [0.3, 0.4) is 0 Å². The largest absolute Gasteiger partial charge is 0.480 e. The number of carbonyl (C=O) groups is 3. The summed E-state index contributed by atoms with van der Waals surface area (Å²) in [6.45, 7) is 5.87. The zero-order valence-electron chi connectivity index (χ0n) is 12.5. The maximum absolute atomic E-state index is 12.3. The van der Waals surface area contributed by atoms with Crippen LogP contribution in [0.15, 0.2) is 12.7 Å². The first-order valence-electron chi connectivity index (χ1n) is 7.44. The lowest BCUT2D eigenvalue weighted by atomic mass is 10.00. The summed E-state index contributed by atoms with van der Waals surface area (Å²) in [5.74, 6) is -1.49. The average molecular weight is 296 g/mol. The molecule has 0 aliphatic carbocycles. The Balaban J connectivity index is 2.71. The van der Waals surface area contributed by atoms with Gasteiger partial charge in [0, 0.05) is 13.0 Å². The minimum absolute atomic E-state index is 0.0622. The van der Waals surface area contributed by atoms with E-state index in [1.54, 1.807) is 17.9 Å². The highest BCUT2D eigenvalue weighted by molar-refractivity contribution is 5.90. The number of nitrogens with one attached hydrogen (secondary N) is 1. The smallest absolute Gasteiger partial charge is 0.326 e. The fourth-order valence-corrected chi connectivity index (χ4v) is 2.52. The van der Waals surface area contributed by atoms with Gasteiger partial charge in [-0.15, -0.1) is 6.58 Å². The van der Waals surface area contributed by atoms with E-state index in [-0.39, 0.29) is 11.8 Å². The van der Waals surface area contributed by atoms with Gasteiger partial charge >= 0.3 is 5.97 Å². The van der Waals surface area contributed by atoms with Crippen LogP contribution < -0.4 is 5.32 Å². The van der Waals surface area contributed by atoms with Crippen LogP contribution in [-0.2, 0) is 14.4 Å². The van der Waals surface area contributed by atoms with E-state index in [4.69, 9.17) is 5.11 Å². The quantitative estimate of drug-likeness (QED) is 0.694. The maximum atomic E-state index is 12.3. The Morgan fingerprint density at radius 2 is 2.14 bits per heavy atom. The van der Waals surface area contributed by atoms with E-state index < -0.39 is 18.1 Å². The fourth-order valence-electron chi connectivity index (χ4n) is 2.52. The van der Waals surface area contributed by atoms with Gasteiger partial charge in [-0.05, 0) is 32.1 Å². The minimum atomic E-state index is -1.06. The van der Waals surface area contributed by atoms with Gasteiger partial charge in [-0.25, -0.2) is 4.79 Å². The van der Waals surface area contributed by atoms with Crippen molar-refractivity contribution in [3.05, 3.63) is 12.7 Å². The second-order valence-electron chi connectivity index (χ2n) is 5.22. The van der Waals surface area contributed by atoms with Crippen LogP contribution >= 0.6 is 0 Å². The zero-order valence-corrected chi connectivity index (χ0v) is 12.5. The molecule has 2 N–H and O–H groups in total. The van der Waals surface area contributed by atoms with Crippen molar-refractivity contribution in [1.29, 1.82) is 0 Å². The molecule has 1 rings (SSSR count). The number of carboxylic acid groups (broad SMARTS) is 1. The van der Waals surface area contributed by atoms with Crippen molar-refractivity contribution in [3.63, 3.8) is 0 Å². The van der Waals surface area contributed by atoms with Crippen molar-refractivity contribution in [2.24, 2.45) is 0 Å². The second kappa shape index (κ2) is 8.44. The average Bonchev–Trinajstić information content (AvgIpc) is 2.50. The first-order valence-corrected chi connectivity index (χ1v) is 7.44. The molecule has 0 bridgehead atoms. The van der Waals surface area contributed by atoms with E-state index in [0.717, 1.165) is 12.8 Å². The van der Waals surface area contributed by atoms with Crippen LogP contribution in [0.1, 0.15) is 45.4 Å². The molecule has 0 spiro atoms. The summed E-state index contributed by atoms with van der Waals surface area (Å²) in [6.07, 6.45) is 5.13. The van der Waals surface area contributed by atoms with E-state index >= 15 is 0 Å². The monoisotopic (exact) mass is 296 g/mol. The summed E-state index contributed by atoms with van der Waals surface area (Å²) >= 11 is 0. The van der Waals surface area contributed by atoms with Gasteiger partial charge in [-0.2, -0.15) is 0 Å². The predicted octanol–water partition coefficient (Wildman–Crippen LogP) is 1.31. The van der Waals surface area contributed by atoms with Crippen molar-refractivity contribution in [1.82, 2.24) is 10.2 Å². The molecule has 1 saturated heterocycles. The highest BCUT2D eigenvalue weighted by Crippen LogP contribution is 2.18. The van der Waals surface area contributed by atoms with Crippen LogP contribution in [0.25, 0.3) is 0 Å². The van der Waals surface area contributed by atoms with Crippen LogP contribution in [0, 0.1) is 0 Å². The predicted molar refractivity (Wildman–Crippen MR) is 78.6 cm³/mol. The van der Waals surface area contributed by atoms with E-state index in [2.05, 4.69) is 11.9 Å². The van der Waals surface area contributed by atoms with Gasteiger partial charge in [-0.3, -0.25) is 9.59 Å². The number of aliphatic carboxylic acids is 1. The molecule has 2 atom stereocenters. The first kappa shape index (κ1) is 17.2. The molecule has 6 heteroatoms. The van der Waals surface area contributed by atoms with Crippen molar-refractivity contribution in [2.45, 2.75) is 57.5 Å². The molecule has 21 heavy (non-hydrogen) atoms. The molecule has 118 valence electrons. The van der Waals surface area contributed by atoms with Crippen molar-refractivity contribution >= 4 is 17.8 Å². The number of likely N-dealkylation sites (tertiary alicyclic amines) is 1. The summed E-state index contributed by atoms with van der Waals surface area (Å²) < 4.78 is 0. The molecule has 0 aromatic carbocycles. The van der Waals surface area contributed by atoms with Gasteiger partial charge in [0.05, 0.1) is 0 Å². The van der Waals surface area contributed by atoms with Crippen LogP contribution in [-0.4, -0.2) is 46.4 Å². The lowest BCUT2D eigenvalue weighted by molar-refractivity contribution is -0.145. The number of allylic oxidation sites excluding steroid dienone is 1. The highest BCUT2D eigenvalue weighted by Gasteiger charge is 2.33. The number of carboxylic acids is 1. The topological polar surface area (TPSA) is 86.7 Å². The fraction of sp³-hybridized carbons (Fsp3) is 0.667. The van der Waals surface area contributed by atoms with Gasteiger partial charge < -0.3 is 15.3 Å². The summed E-state index contributed by atoms with van der Waals surface area (Å²) in [6, 6.07) is -1.48. The Hall–Kier alpha value is -1.85. The van der Waals surface area contributed by atoms with Gasteiger partial charge in [0.25, 0.3) is 0 Å². The third-order valence-electron chi connectivity index (χ3n) is 3.70. The normalized spacial score (nSPS) is 19.7. The third-order valence-corrected chi connectivity index (χ3v) is 3.70. The summed E-state index contributed by atoms with van der Waals surface area (Å²) in [5.41, 5.74) is 0. The molecule has 1 heterocycles. The summed E-state index contributed by atoms with van der Waals surface area (Å²) in [7, 11) is 0. The number of piperidine rings is 1. The highest BCUT2D eigenvalue weighted by atomic mass is 16.4. The molecule has 0 radical (unpaired) electrons. The number of rotatable bonds is 7. The first-order chi connectivity index (χ1) is 10.0. The summed E-state index contributed by atoms with van der Waals surface area (Å²) in [4.78, 5) is 36.9. The molecule has 1 fully saturated rings. The molecule has 0 aromatic rings. The SMILES string of the molecule is C=CCCC(NC(=O)C1CCCCN1C(=O)CC)C(=O)O. The van der Waals surface area contributed by atoms with Crippen molar-refractivity contribution < 1.29 is 19.5 Å². The minimum Gasteiger partial charge on any atom is -0.480 e. The second-order valence-corrected chi connectivity index (χ2v) is 5.22. The standard InChI is InChI=1S/C15H24N2O4/c1-3-5-8-11(15(20)21)16-14(19)12-9-6-7-10-17(12)13(18)4-2/h3,11-12H,1,4-10H2,2H3,(H,16,19)(H,20,21). The molecule has 0 aromatic heterocycles. The van der Waals surface area contributed by atoms with E-state index in [0.29, 0.717) is 32.2 Å². The Morgan fingerprint density at radius 1 is 1.43 bits per heavy atom. The molecular weight excluding hydrogens is 272 g/mol. The third kappa shape index (κ3) is 4.88. The summed E-state index contributed by atoms with van der Waals surface area (Å²) in [5, 5.41) is 11.7. The van der Waals surface area contributed by atoms with Gasteiger partial charge in [0.1, 0.15) is 12.1 Å². The maximum Gasteiger partial charge on any atom is 0.326 e. The number of amides is 2. The Morgan fingerprint density at radius 3 is 2.71 bits per heavy atom. The lowest BCUT2D eigenvalue weighted by Crippen LogP contribution is -2.54. The molecule has 2 unspecified atom stereocenters. The van der Waals surface area contributed by atoms with Crippen molar-refractivity contribution in [2.75, 3.05) is 6.54 Å². The van der Waals surface area contributed by atoms with Crippen LogP contribution in [0.2, 0.25) is 0 Å². The lowest BCUT2D eigenvalue weighted by Gasteiger charge is -2.35. The van der Waals surface area contributed by atoms with E-state index in [1.807, 2.05) is 0 Å². The van der Waals surface area contributed by atoms with Crippen LogP contribution in [0.4, 0.5) is 0 Å². The number of nitrogens with zero attached hydrogens (tertiary/aromatic N) is 1. The number of carbonyl (C=O) groups excluding carboxylic acids is 2. The number of hydrogen-bond acceptors (Lipinski definition) is 3. The molecular formula is C15H24N2O4. The van der Waals surface area contributed by atoms with Crippen LogP contribution in [0.5, 0.6) is 0 Å². The van der Waals surface area contributed by atoms with E-state index in [9.17, 15) is 14.4 Å². The molecule has 1 aliphatic heterocycles. The zero-order chi connectivity index (χ0) is 15.8. The van der Waals surface area contributed by atoms with Gasteiger partial charge in [-0.1, -0.05) is 13.0 Å². The van der Waals surface area contributed by atoms with Crippen molar-refractivity contribution in [3.8, 4) is 0 Å². The molecule has 0 saturated carbocycles. The van der Waals surface area contributed by atoms with E-state index in [1.165, 1.54) is 0 Å². The number of hydrogen-bond donors (Lipinski definition) is 2. The van der Waals surface area contributed by atoms with Gasteiger partial charge in [0.15, 0.2) is 0 Å². The molecule has 6 nitrogen and oxygen atoms in total.